The third kappa shape index (κ3) is 29.7. The zero-order chi connectivity index (χ0) is 33.1. The standard InChI is InChI=1S/C42H87NO2/c1-7-9-11-13-15-17-19-21-23-25-27-29-31-33-35-37-39-44-41(3)42(4,43(5)6)45-40-38-36-34-32-30-28-26-24-22-20-18-16-14-12-10-8-2/h41H,7-40H2,1-6H3. The molecule has 0 aliphatic carbocycles. The van der Waals surface area contributed by atoms with Crippen LogP contribution in [-0.2, 0) is 9.47 Å². The zero-order valence-electron chi connectivity index (χ0n) is 32.4. The Morgan fingerprint density at radius 1 is 0.400 bits per heavy atom. The number of unbranched alkanes of at least 4 members (excludes halogenated alkanes) is 30. The minimum absolute atomic E-state index is 0.0740. The van der Waals surface area contributed by atoms with Gasteiger partial charge in [0.05, 0.1) is 6.10 Å². The van der Waals surface area contributed by atoms with E-state index in [4.69, 9.17) is 9.47 Å². The maximum atomic E-state index is 6.46. The van der Waals surface area contributed by atoms with Crippen molar-refractivity contribution in [3.63, 3.8) is 0 Å². The molecular formula is C42H87NO2. The molecule has 3 nitrogen and oxygen atoms in total. The second-order valence-corrected chi connectivity index (χ2v) is 14.9. The molecule has 0 saturated heterocycles. The normalized spacial score (nSPS) is 13.9. The van der Waals surface area contributed by atoms with Crippen LogP contribution in [0.25, 0.3) is 0 Å². The lowest BCUT2D eigenvalue weighted by atomic mass is 10.0. The Labute approximate surface area is 286 Å². The summed E-state index contributed by atoms with van der Waals surface area (Å²) in [6.07, 6.45) is 45.0. The molecule has 0 rings (SSSR count). The second kappa shape index (κ2) is 35.2. The molecule has 0 saturated carbocycles. The fraction of sp³-hybridized carbons (Fsp3) is 1.00. The number of nitrogens with zero attached hydrogens (tertiary/aromatic N) is 1. The highest BCUT2D eigenvalue weighted by Crippen LogP contribution is 2.23. The van der Waals surface area contributed by atoms with Gasteiger partial charge in [0.15, 0.2) is 0 Å². The van der Waals surface area contributed by atoms with Gasteiger partial charge in [-0.15, -0.1) is 0 Å². The largest absolute Gasteiger partial charge is 0.374 e. The number of likely N-dealkylation sites (N-methyl/N-ethyl adjacent to an activating group) is 1. The molecule has 3 heteroatoms. The Morgan fingerprint density at radius 2 is 0.644 bits per heavy atom. The molecule has 45 heavy (non-hydrogen) atoms. The Bertz CT molecular complexity index is 553. The second-order valence-electron chi connectivity index (χ2n) is 14.9. The molecule has 0 aromatic heterocycles. The predicted molar refractivity (Wildman–Crippen MR) is 203 cm³/mol. The van der Waals surface area contributed by atoms with Crippen molar-refractivity contribution in [2.24, 2.45) is 0 Å². The van der Waals surface area contributed by atoms with Gasteiger partial charge in [0.25, 0.3) is 0 Å². The third-order valence-corrected chi connectivity index (χ3v) is 10.4. The first-order valence-corrected chi connectivity index (χ1v) is 20.9. The summed E-state index contributed by atoms with van der Waals surface area (Å²) in [5.74, 6) is 0. The first kappa shape index (κ1) is 44.9. The van der Waals surface area contributed by atoms with E-state index in [1.54, 1.807) is 0 Å². The summed E-state index contributed by atoms with van der Waals surface area (Å²) in [6.45, 7) is 10.7. The van der Waals surface area contributed by atoms with Crippen LogP contribution in [0.5, 0.6) is 0 Å². The summed E-state index contributed by atoms with van der Waals surface area (Å²) in [4.78, 5) is 2.21. The van der Waals surface area contributed by atoms with Crippen LogP contribution in [0.2, 0.25) is 0 Å². The Kier molecular flexibility index (Phi) is 35.1. The van der Waals surface area contributed by atoms with Gasteiger partial charge in [-0.2, -0.15) is 0 Å². The monoisotopic (exact) mass is 638 g/mol. The first-order chi connectivity index (χ1) is 22.0. The Balaban J connectivity index is 3.61. The molecule has 0 aliphatic heterocycles. The van der Waals surface area contributed by atoms with Crippen molar-refractivity contribution in [2.75, 3.05) is 27.3 Å². The van der Waals surface area contributed by atoms with E-state index in [1.807, 2.05) is 0 Å². The van der Waals surface area contributed by atoms with Crippen LogP contribution in [0.15, 0.2) is 0 Å². The molecule has 0 aromatic rings. The van der Waals surface area contributed by atoms with Crippen molar-refractivity contribution in [3.8, 4) is 0 Å². The molecular weight excluding hydrogens is 550 g/mol. The summed E-state index contributed by atoms with van der Waals surface area (Å²) in [5.41, 5.74) is -0.357. The average molecular weight is 638 g/mol. The molecule has 272 valence electrons. The van der Waals surface area contributed by atoms with Crippen molar-refractivity contribution < 1.29 is 9.47 Å². The average Bonchev–Trinajstić information content (AvgIpc) is 3.03. The van der Waals surface area contributed by atoms with Crippen molar-refractivity contribution in [3.05, 3.63) is 0 Å². The zero-order valence-corrected chi connectivity index (χ0v) is 32.4. The Hall–Kier alpha value is -0.120. The lowest BCUT2D eigenvalue weighted by molar-refractivity contribution is -0.199. The van der Waals surface area contributed by atoms with Gasteiger partial charge in [-0.3, -0.25) is 4.90 Å². The van der Waals surface area contributed by atoms with E-state index in [0.29, 0.717) is 0 Å². The molecule has 0 aromatic carbocycles. The summed E-state index contributed by atoms with van der Waals surface area (Å²) in [6, 6.07) is 0. The van der Waals surface area contributed by atoms with E-state index >= 15 is 0 Å². The number of hydrogen-bond donors (Lipinski definition) is 0. The first-order valence-electron chi connectivity index (χ1n) is 20.9. The quantitative estimate of drug-likeness (QED) is 0.0496. The molecule has 2 unspecified atom stereocenters. The van der Waals surface area contributed by atoms with Crippen LogP contribution in [0, 0.1) is 0 Å². The smallest absolute Gasteiger partial charge is 0.144 e. The fourth-order valence-electron chi connectivity index (χ4n) is 6.60. The maximum Gasteiger partial charge on any atom is 0.144 e. The van der Waals surface area contributed by atoms with Gasteiger partial charge in [0.1, 0.15) is 5.72 Å². The molecule has 0 spiro atoms. The molecule has 0 amide bonds. The van der Waals surface area contributed by atoms with E-state index < -0.39 is 0 Å². The molecule has 0 fully saturated rings. The van der Waals surface area contributed by atoms with Gasteiger partial charge < -0.3 is 9.47 Å². The van der Waals surface area contributed by atoms with Crippen LogP contribution in [-0.4, -0.2) is 44.0 Å². The van der Waals surface area contributed by atoms with Crippen LogP contribution < -0.4 is 0 Å². The van der Waals surface area contributed by atoms with Gasteiger partial charge >= 0.3 is 0 Å². The Morgan fingerprint density at radius 3 is 0.911 bits per heavy atom. The van der Waals surface area contributed by atoms with E-state index in [-0.39, 0.29) is 11.8 Å². The highest BCUT2D eigenvalue weighted by atomic mass is 16.6. The fourth-order valence-corrected chi connectivity index (χ4v) is 6.60. The lowest BCUT2D eigenvalue weighted by Gasteiger charge is -2.41. The van der Waals surface area contributed by atoms with Gasteiger partial charge in [-0.05, 0) is 40.8 Å². The van der Waals surface area contributed by atoms with E-state index in [9.17, 15) is 0 Å². The molecule has 0 bridgehead atoms. The number of ether oxygens (including phenoxy) is 2. The highest BCUT2D eigenvalue weighted by Gasteiger charge is 2.35. The van der Waals surface area contributed by atoms with Crippen LogP contribution in [0.3, 0.4) is 0 Å². The lowest BCUT2D eigenvalue weighted by Crippen LogP contribution is -2.53. The van der Waals surface area contributed by atoms with Gasteiger partial charge in [0, 0.05) is 13.2 Å². The topological polar surface area (TPSA) is 21.7 Å². The molecule has 0 heterocycles. The molecule has 0 radical (unpaired) electrons. The van der Waals surface area contributed by atoms with Gasteiger partial charge in [0.2, 0.25) is 0 Å². The summed E-state index contributed by atoms with van der Waals surface area (Å²) in [5, 5.41) is 0. The van der Waals surface area contributed by atoms with Gasteiger partial charge in [-0.1, -0.05) is 206 Å². The number of hydrogen-bond acceptors (Lipinski definition) is 3. The van der Waals surface area contributed by atoms with E-state index in [0.717, 1.165) is 19.6 Å². The van der Waals surface area contributed by atoms with Crippen molar-refractivity contribution >= 4 is 0 Å². The van der Waals surface area contributed by atoms with Crippen LogP contribution in [0.1, 0.15) is 233 Å². The van der Waals surface area contributed by atoms with Crippen molar-refractivity contribution in [1.82, 2.24) is 4.90 Å². The summed E-state index contributed by atoms with van der Waals surface area (Å²) >= 11 is 0. The minimum Gasteiger partial charge on any atom is -0.374 e. The highest BCUT2D eigenvalue weighted by molar-refractivity contribution is 4.80. The van der Waals surface area contributed by atoms with Crippen LogP contribution in [0.4, 0.5) is 0 Å². The van der Waals surface area contributed by atoms with Gasteiger partial charge in [-0.25, -0.2) is 0 Å². The van der Waals surface area contributed by atoms with E-state index in [1.165, 1.54) is 199 Å². The minimum atomic E-state index is -0.357. The predicted octanol–water partition coefficient (Wildman–Crippen LogP) is 14.2. The third-order valence-electron chi connectivity index (χ3n) is 10.4. The number of rotatable bonds is 38. The molecule has 2 atom stereocenters. The SMILES string of the molecule is CCCCCCCCCCCCCCCCCCOC(C)C(C)(OCCCCCCCCCCCCCCCCCC)N(C)C. The van der Waals surface area contributed by atoms with Crippen molar-refractivity contribution in [2.45, 2.75) is 245 Å². The molecule has 0 N–H and O–H groups in total. The maximum absolute atomic E-state index is 6.46. The van der Waals surface area contributed by atoms with Crippen molar-refractivity contribution in [1.29, 1.82) is 0 Å². The molecule has 0 aliphatic rings. The van der Waals surface area contributed by atoms with E-state index in [2.05, 4.69) is 46.7 Å². The van der Waals surface area contributed by atoms with Crippen LogP contribution >= 0.6 is 0 Å². The summed E-state index contributed by atoms with van der Waals surface area (Å²) < 4.78 is 12.8. The summed E-state index contributed by atoms with van der Waals surface area (Å²) in [7, 11) is 4.25.